The molecule has 0 bridgehead atoms. The number of aryl methyl sites for hydroxylation is 1. The predicted octanol–water partition coefficient (Wildman–Crippen LogP) is 4.06. The summed E-state index contributed by atoms with van der Waals surface area (Å²) in [7, 11) is 1.99. The Morgan fingerprint density at radius 2 is 1.71 bits per heavy atom. The van der Waals surface area contributed by atoms with Crippen LogP contribution in [0.15, 0.2) is 48.8 Å². The molecule has 1 amide bonds. The molecule has 1 aromatic heterocycles. The minimum Gasteiger partial charge on any atom is -0.368 e. The number of carbonyl (C=O) groups is 1. The fraction of sp³-hybridized carbons (Fsp3) is 0.292. The molecule has 3 aromatic rings. The lowest BCUT2D eigenvalue weighted by atomic mass is 10.00. The number of hydrogen-bond donors (Lipinski definition) is 2. The monoisotopic (exact) mass is 470 g/mol. The van der Waals surface area contributed by atoms with Crippen LogP contribution >= 0.6 is 0 Å². The number of anilines is 3. The fourth-order valence-corrected chi connectivity index (χ4v) is 3.88. The van der Waals surface area contributed by atoms with Gasteiger partial charge in [-0.15, -0.1) is 0 Å². The maximum atomic E-state index is 13.4. The third kappa shape index (κ3) is 5.12. The summed E-state index contributed by atoms with van der Waals surface area (Å²) in [6, 6.07) is 8.55. The van der Waals surface area contributed by atoms with Crippen LogP contribution in [-0.4, -0.2) is 54.0 Å². The number of alkyl halides is 3. The van der Waals surface area contributed by atoms with Crippen LogP contribution in [0.5, 0.6) is 0 Å². The molecule has 0 radical (unpaired) electrons. The van der Waals surface area contributed by atoms with Crippen molar-refractivity contribution in [2.24, 2.45) is 0 Å². The lowest BCUT2D eigenvalue weighted by molar-refractivity contribution is -0.137. The van der Waals surface area contributed by atoms with Crippen molar-refractivity contribution < 1.29 is 18.0 Å². The van der Waals surface area contributed by atoms with E-state index in [0.29, 0.717) is 29.9 Å². The maximum absolute atomic E-state index is 13.4. The molecule has 2 heterocycles. The number of nitrogens with zero attached hydrogens (tertiary/aromatic N) is 4. The van der Waals surface area contributed by atoms with Crippen LogP contribution < -0.4 is 16.0 Å². The normalized spacial score (nSPS) is 14.8. The van der Waals surface area contributed by atoms with E-state index in [-0.39, 0.29) is 11.6 Å². The van der Waals surface area contributed by atoms with E-state index in [2.05, 4.69) is 20.2 Å². The number of aromatic nitrogens is 2. The number of rotatable bonds is 4. The third-order valence-electron chi connectivity index (χ3n) is 5.90. The largest absolute Gasteiger partial charge is 0.416 e. The van der Waals surface area contributed by atoms with Crippen LogP contribution in [0.25, 0.3) is 11.1 Å². The first-order chi connectivity index (χ1) is 16.1. The summed E-state index contributed by atoms with van der Waals surface area (Å²) in [5.41, 5.74) is 8.04. The van der Waals surface area contributed by atoms with Crippen LogP contribution in [0.2, 0.25) is 0 Å². The molecule has 0 unspecified atom stereocenters. The lowest BCUT2D eigenvalue weighted by Crippen LogP contribution is -2.44. The number of carbonyl (C=O) groups excluding carboxylic acids is 1. The Hall–Kier alpha value is -3.66. The number of likely N-dealkylation sites (N-methyl/N-ethyl adjacent to an activating group) is 1. The minimum absolute atomic E-state index is 0.127. The lowest BCUT2D eigenvalue weighted by Gasteiger charge is -2.35. The second kappa shape index (κ2) is 9.30. The Bertz CT molecular complexity index is 1190. The molecule has 1 saturated heterocycles. The number of hydrogen-bond acceptors (Lipinski definition) is 6. The molecule has 4 rings (SSSR count). The third-order valence-corrected chi connectivity index (χ3v) is 5.90. The van der Waals surface area contributed by atoms with Gasteiger partial charge in [0.1, 0.15) is 0 Å². The maximum Gasteiger partial charge on any atom is 0.416 e. The van der Waals surface area contributed by atoms with Gasteiger partial charge in [0.25, 0.3) is 5.91 Å². The Morgan fingerprint density at radius 3 is 2.35 bits per heavy atom. The van der Waals surface area contributed by atoms with Gasteiger partial charge < -0.3 is 20.9 Å². The molecule has 178 valence electrons. The summed E-state index contributed by atoms with van der Waals surface area (Å²) in [6.45, 7) is 4.73. The van der Waals surface area contributed by atoms with Crippen molar-refractivity contribution in [3.63, 3.8) is 0 Å². The van der Waals surface area contributed by atoms with Crippen molar-refractivity contribution in [3.8, 4) is 11.1 Å². The van der Waals surface area contributed by atoms with Gasteiger partial charge in [-0.2, -0.15) is 13.2 Å². The Labute approximate surface area is 195 Å². The fourth-order valence-electron chi connectivity index (χ4n) is 3.88. The van der Waals surface area contributed by atoms with E-state index in [1.165, 1.54) is 6.07 Å². The average Bonchev–Trinajstić information content (AvgIpc) is 2.80. The highest BCUT2D eigenvalue weighted by atomic mass is 19.4. The van der Waals surface area contributed by atoms with Gasteiger partial charge >= 0.3 is 6.18 Å². The highest BCUT2D eigenvalue weighted by Gasteiger charge is 2.32. The zero-order valence-corrected chi connectivity index (χ0v) is 18.9. The number of halogens is 3. The van der Waals surface area contributed by atoms with E-state index >= 15 is 0 Å². The molecule has 3 N–H and O–H groups in total. The summed E-state index contributed by atoms with van der Waals surface area (Å²) >= 11 is 0. The molecule has 10 heteroatoms. The Morgan fingerprint density at radius 1 is 1.03 bits per heavy atom. The van der Waals surface area contributed by atoms with Crippen molar-refractivity contribution in [2.75, 3.05) is 49.2 Å². The first-order valence-corrected chi connectivity index (χ1v) is 10.8. The molecule has 0 spiro atoms. The molecule has 34 heavy (non-hydrogen) atoms. The molecule has 1 aliphatic heterocycles. The van der Waals surface area contributed by atoms with Crippen molar-refractivity contribution >= 4 is 23.2 Å². The minimum atomic E-state index is -4.52. The smallest absolute Gasteiger partial charge is 0.368 e. The Kier molecular flexibility index (Phi) is 6.43. The number of nitrogens with two attached hydrogens (primary N) is 1. The molecule has 7 nitrogen and oxygen atoms in total. The van der Waals surface area contributed by atoms with Gasteiger partial charge in [0.15, 0.2) is 0 Å². The van der Waals surface area contributed by atoms with Gasteiger partial charge in [-0.05, 0) is 55.4 Å². The number of nitrogen functional groups attached to an aromatic ring is 1. The summed E-state index contributed by atoms with van der Waals surface area (Å²) in [5.74, 6) is -0.372. The van der Waals surface area contributed by atoms with E-state index in [0.717, 1.165) is 36.3 Å². The summed E-state index contributed by atoms with van der Waals surface area (Å²) < 4.78 is 40.2. The zero-order chi connectivity index (χ0) is 24.5. The standard InChI is InChI=1S/C24H25F3N6O/c1-15-3-4-16(11-19(15)17-13-29-23(28)30-14-17)22(34)31-20-12-18(24(25,26)27)5-6-21(20)33-9-7-32(2)8-10-33/h3-6,11-14H,7-10H2,1-2H3,(H,31,34)(H2,28,29,30). The van der Waals surface area contributed by atoms with Crippen molar-refractivity contribution in [1.82, 2.24) is 14.9 Å². The van der Waals surface area contributed by atoms with E-state index in [1.54, 1.807) is 30.6 Å². The zero-order valence-electron chi connectivity index (χ0n) is 18.9. The molecule has 2 aromatic carbocycles. The molecule has 0 saturated carbocycles. The van der Waals surface area contributed by atoms with Crippen molar-refractivity contribution in [1.29, 1.82) is 0 Å². The van der Waals surface area contributed by atoms with Gasteiger partial charge in [-0.25, -0.2) is 9.97 Å². The number of benzene rings is 2. The van der Waals surface area contributed by atoms with E-state index in [4.69, 9.17) is 5.73 Å². The average molecular weight is 470 g/mol. The van der Waals surface area contributed by atoms with E-state index in [1.807, 2.05) is 18.9 Å². The summed E-state index contributed by atoms with van der Waals surface area (Å²) in [6.07, 6.45) is -1.40. The number of amides is 1. The van der Waals surface area contributed by atoms with Gasteiger partial charge in [0.2, 0.25) is 5.95 Å². The van der Waals surface area contributed by atoms with Crippen molar-refractivity contribution in [2.45, 2.75) is 13.1 Å². The molecule has 1 fully saturated rings. The van der Waals surface area contributed by atoms with E-state index in [9.17, 15) is 18.0 Å². The predicted molar refractivity (Wildman–Crippen MR) is 126 cm³/mol. The summed E-state index contributed by atoms with van der Waals surface area (Å²) in [4.78, 5) is 25.3. The molecule has 0 aliphatic carbocycles. The number of nitrogens with one attached hydrogen (secondary N) is 1. The van der Waals surface area contributed by atoms with Gasteiger partial charge in [0.05, 0.1) is 16.9 Å². The van der Waals surface area contributed by atoms with Crippen LogP contribution in [0.1, 0.15) is 21.5 Å². The first-order valence-electron chi connectivity index (χ1n) is 10.8. The SMILES string of the molecule is Cc1ccc(C(=O)Nc2cc(C(F)(F)F)ccc2N2CCN(C)CC2)cc1-c1cnc(N)nc1. The van der Waals surface area contributed by atoms with Crippen LogP contribution in [0, 0.1) is 6.92 Å². The highest BCUT2D eigenvalue weighted by Crippen LogP contribution is 2.36. The second-order valence-electron chi connectivity index (χ2n) is 8.33. The van der Waals surface area contributed by atoms with Crippen molar-refractivity contribution in [3.05, 3.63) is 65.5 Å². The number of piperazine rings is 1. The quantitative estimate of drug-likeness (QED) is 0.598. The molecular formula is C24H25F3N6O. The van der Waals surface area contributed by atoms with Gasteiger partial charge in [0, 0.05) is 49.7 Å². The molecular weight excluding hydrogens is 445 g/mol. The highest BCUT2D eigenvalue weighted by molar-refractivity contribution is 6.06. The first kappa shape index (κ1) is 23.5. The van der Waals surface area contributed by atoms with E-state index < -0.39 is 17.6 Å². The summed E-state index contributed by atoms with van der Waals surface area (Å²) in [5, 5.41) is 2.71. The van der Waals surface area contributed by atoms with Gasteiger partial charge in [-0.1, -0.05) is 6.07 Å². The second-order valence-corrected chi connectivity index (χ2v) is 8.33. The van der Waals surface area contributed by atoms with Gasteiger partial charge in [-0.3, -0.25) is 4.79 Å². The van der Waals surface area contributed by atoms with Crippen LogP contribution in [0.4, 0.5) is 30.5 Å². The van der Waals surface area contributed by atoms with Crippen LogP contribution in [-0.2, 0) is 6.18 Å². The Balaban J connectivity index is 1.66. The molecule has 0 atom stereocenters. The molecule has 1 aliphatic rings. The van der Waals surface area contributed by atoms with Crippen LogP contribution in [0.3, 0.4) is 0 Å². The topological polar surface area (TPSA) is 87.4 Å².